The summed E-state index contributed by atoms with van der Waals surface area (Å²) in [5, 5.41) is 0.185. The maximum absolute atomic E-state index is 12.2. The fraction of sp³-hybridized carbons (Fsp3) is 0.312. The Bertz CT molecular complexity index is 744. The van der Waals surface area contributed by atoms with E-state index < -0.39 is 17.9 Å². The molecule has 1 heterocycles. The van der Waals surface area contributed by atoms with Crippen LogP contribution in [-0.2, 0) is 28.5 Å². The highest BCUT2D eigenvalue weighted by Gasteiger charge is 2.32. The molecule has 0 aliphatic carbocycles. The van der Waals surface area contributed by atoms with E-state index in [1.165, 1.54) is 38.4 Å². The fourth-order valence-electron chi connectivity index (χ4n) is 2.29. The van der Waals surface area contributed by atoms with Crippen LogP contribution < -0.4 is 4.90 Å². The van der Waals surface area contributed by atoms with Crippen molar-refractivity contribution in [2.45, 2.75) is 0 Å². The number of carbonyl (C=O) groups excluding carboxylic acids is 3. The summed E-state index contributed by atoms with van der Waals surface area (Å²) in [6.45, 7) is -0.141. The van der Waals surface area contributed by atoms with E-state index in [4.69, 9.17) is 25.8 Å². The monoisotopic (exact) mass is 369 g/mol. The SMILES string of the molecule is COC(=O)C1=C(C(=O)OC)N(c2ccc(Cl)c(C(=O)OC)c2)COC1. The molecule has 0 aromatic heterocycles. The molecule has 0 unspecified atom stereocenters. The number of ether oxygens (including phenoxy) is 4. The summed E-state index contributed by atoms with van der Waals surface area (Å²) in [5.41, 5.74) is 0.483. The number of nitrogens with zero attached hydrogens (tertiary/aromatic N) is 1. The van der Waals surface area contributed by atoms with Crippen LogP contribution in [0.5, 0.6) is 0 Å². The summed E-state index contributed by atoms with van der Waals surface area (Å²) in [6, 6.07) is 4.48. The van der Waals surface area contributed by atoms with Crippen LogP contribution >= 0.6 is 11.6 Å². The van der Waals surface area contributed by atoms with Crippen molar-refractivity contribution >= 4 is 35.2 Å². The van der Waals surface area contributed by atoms with Crippen molar-refractivity contribution in [3.05, 3.63) is 40.1 Å². The predicted molar refractivity (Wildman–Crippen MR) is 87.1 cm³/mol. The normalized spacial score (nSPS) is 14.2. The Balaban J connectivity index is 2.58. The molecule has 1 aliphatic rings. The quantitative estimate of drug-likeness (QED) is 0.582. The first-order valence-corrected chi connectivity index (χ1v) is 7.45. The van der Waals surface area contributed by atoms with E-state index in [9.17, 15) is 14.4 Å². The fourth-order valence-corrected chi connectivity index (χ4v) is 2.49. The van der Waals surface area contributed by atoms with E-state index in [-0.39, 0.29) is 35.2 Å². The summed E-state index contributed by atoms with van der Waals surface area (Å²) in [4.78, 5) is 37.4. The lowest BCUT2D eigenvalue weighted by Gasteiger charge is -2.31. The van der Waals surface area contributed by atoms with Gasteiger partial charge in [0.15, 0.2) is 0 Å². The second-order valence-electron chi connectivity index (χ2n) is 4.87. The zero-order chi connectivity index (χ0) is 18.6. The zero-order valence-corrected chi connectivity index (χ0v) is 14.6. The molecule has 0 amide bonds. The number of esters is 3. The van der Waals surface area contributed by atoms with Gasteiger partial charge in [-0.05, 0) is 18.2 Å². The lowest BCUT2D eigenvalue weighted by atomic mass is 10.1. The van der Waals surface area contributed by atoms with Crippen LogP contribution in [0.4, 0.5) is 5.69 Å². The molecule has 0 N–H and O–H groups in total. The van der Waals surface area contributed by atoms with Gasteiger partial charge in [0.1, 0.15) is 12.4 Å². The van der Waals surface area contributed by atoms with Gasteiger partial charge >= 0.3 is 17.9 Å². The molecule has 0 fully saturated rings. The van der Waals surface area contributed by atoms with Gasteiger partial charge in [-0.3, -0.25) is 0 Å². The Labute approximate surface area is 148 Å². The molecule has 0 saturated carbocycles. The van der Waals surface area contributed by atoms with Crippen LogP contribution in [0, 0.1) is 0 Å². The Morgan fingerprint density at radius 3 is 2.28 bits per heavy atom. The van der Waals surface area contributed by atoms with Crippen LogP contribution in [0.1, 0.15) is 10.4 Å². The highest BCUT2D eigenvalue weighted by molar-refractivity contribution is 6.33. The second kappa shape index (κ2) is 8.00. The van der Waals surface area contributed by atoms with E-state index >= 15 is 0 Å². The van der Waals surface area contributed by atoms with Crippen LogP contribution in [0.15, 0.2) is 29.5 Å². The van der Waals surface area contributed by atoms with Crippen molar-refractivity contribution in [3.8, 4) is 0 Å². The minimum atomic E-state index is -0.738. The molecule has 0 spiro atoms. The maximum Gasteiger partial charge on any atom is 0.355 e. The number of hydrogen-bond acceptors (Lipinski definition) is 8. The first-order valence-electron chi connectivity index (χ1n) is 7.07. The molecule has 25 heavy (non-hydrogen) atoms. The highest BCUT2D eigenvalue weighted by atomic mass is 35.5. The second-order valence-corrected chi connectivity index (χ2v) is 5.28. The van der Waals surface area contributed by atoms with Crippen molar-refractivity contribution < 1.29 is 33.3 Å². The molecular formula is C16H16ClNO7. The van der Waals surface area contributed by atoms with Crippen molar-refractivity contribution in [2.75, 3.05) is 39.6 Å². The number of rotatable bonds is 4. The lowest BCUT2D eigenvalue weighted by molar-refractivity contribution is -0.140. The van der Waals surface area contributed by atoms with E-state index in [2.05, 4.69) is 4.74 Å². The average molecular weight is 370 g/mol. The number of hydrogen-bond donors (Lipinski definition) is 0. The van der Waals surface area contributed by atoms with Gasteiger partial charge in [-0.25, -0.2) is 14.4 Å². The number of anilines is 1. The minimum absolute atomic E-state index is 0.00941. The average Bonchev–Trinajstić information content (AvgIpc) is 2.65. The first kappa shape index (κ1) is 18.8. The van der Waals surface area contributed by atoms with Gasteiger partial charge in [0, 0.05) is 5.69 Å². The molecule has 0 atom stereocenters. The van der Waals surface area contributed by atoms with E-state index in [0.29, 0.717) is 5.69 Å². The predicted octanol–water partition coefficient (Wildman–Crippen LogP) is 1.52. The number of halogens is 1. The van der Waals surface area contributed by atoms with Gasteiger partial charge in [0.2, 0.25) is 0 Å². The molecule has 134 valence electrons. The third kappa shape index (κ3) is 3.75. The first-order chi connectivity index (χ1) is 11.9. The van der Waals surface area contributed by atoms with Crippen molar-refractivity contribution in [1.29, 1.82) is 0 Å². The minimum Gasteiger partial charge on any atom is -0.466 e. The molecule has 0 saturated heterocycles. The molecule has 1 aliphatic heterocycles. The third-order valence-corrected chi connectivity index (χ3v) is 3.83. The third-order valence-electron chi connectivity index (χ3n) is 3.50. The van der Waals surface area contributed by atoms with Crippen LogP contribution in [0.25, 0.3) is 0 Å². The van der Waals surface area contributed by atoms with Crippen LogP contribution in [0.3, 0.4) is 0 Å². The molecular weight excluding hydrogens is 354 g/mol. The van der Waals surface area contributed by atoms with Gasteiger partial charge in [-0.1, -0.05) is 11.6 Å². The van der Waals surface area contributed by atoms with Crippen LogP contribution in [0.2, 0.25) is 5.02 Å². The standard InChI is InChI=1S/C16H16ClNO7/c1-22-14(19)10-6-9(4-5-12(10)17)18-8-25-7-11(15(20)23-2)13(18)16(21)24-3/h4-6H,7-8H2,1-3H3. The highest BCUT2D eigenvalue weighted by Crippen LogP contribution is 2.30. The Hall–Kier alpha value is -2.58. The molecule has 1 aromatic rings. The number of carbonyl (C=O) groups is 3. The molecule has 1 aromatic carbocycles. The van der Waals surface area contributed by atoms with E-state index in [1.54, 1.807) is 6.07 Å². The topological polar surface area (TPSA) is 91.4 Å². The smallest absolute Gasteiger partial charge is 0.355 e. The van der Waals surface area contributed by atoms with Gasteiger partial charge in [0.25, 0.3) is 0 Å². The molecule has 2 rings (SSSR count). The molecule has 0 bridgehead atoms. The summed E-state index contributed by atoms with van der Waals surface area (Å²) in [7, 11) is 3.62. The van der Waals surface area contributed by atoms with Crippen molar-refractivity contribution in [3.63, 3.8) is 0 Å². The number of methoxy groups -OCH3 is 3. The summed E-state index contributed by atoms with van der Waals surface area (Å²) in [6.07, 6.45) is 0. The Morgan fingerprint density at radius 1 is 1.04 bits per heavy atom. The van der Waals surface area contributed by atoms with E-state index in [0.717, 1.165) is 0 Å². The molecule has 8 nitrogen and oxygen atoms in total. The largest absolute Gasteiger partial charge is 0.466 e. The zero-order valence-electron chi connectivity index (χ0n) is 13.8. The maximum atomic E-state index is 12.2. The lowest BCUT2D eigenvalue weighted by Crippen LogP contribution is -2.38. The van der Waals surface area contributed by atoms with Gasteiger partial charge in [-0.2, -0.15) is 0 Å². The van der Waals surface area contributed by atoms with Crippen molar-refractivity contribution in [1.82, 2.24) is 0 Å². The summed E-state index contributed by atoms with van der Waals surface area (Å²) >= 11 is 6.01. The summed E-state index contributed by atoms with van der Waals surface area (Å²) in [5.74, 6) is -2.09. The van der Waals surface area contributed by atoms with E-state index in [1.807, 2.05) is 0 Å². The summed E-state index contributed by atoms with van der Waals surface area (Å²) < 4.78 is 19.5. The van der Waals surface area contributed by atoms with Crippen LogP contribution in [-0.4, -0.2) is 52.6 Å². The van der Waals surface area contributed by atoms with Crippen molar-refractivity contribution in [2.24, 2.45) is 0 Å². The van der Waals surface area contributed by atoms with Gasteiger partial charge < -0.3 is 23.8 Å². The molecule has 0 radical (unpaired) electrons. The van der Waals surface area contributed by atoms with Gasteiger partial charge in [0.05, 0.1) is 44.1 Å². The Kier molecular flexibility index (Phi) is 6.00. The number of benzene rings is 1. The molecule has 9 heteroatoms. The van der Waals surface area contributed by atoms with Gasteiger partial charge in [-0.15, -0.1) is 0 Å². The Morgan fingerprint density at radius 2 is 1.68 bits per heavy atom.